The van der Waals surface area contributed by atoms with Crippen LogP contribution in [0.3, 0.4) is 0 Å². The van der Waals surface area contributed by atoms with E-state index in [1.807, 2.05) is 0 Å². The van der Waals surface area contributed by atoms with E-state index in [0.717, 1.165) is 0 Å². The van der Waals surface area contributed by atoms with E-state index in [0.29, 0.717) is 19.4 Å². The summed E-state index contributed by atoms with van der Waals surface area (Å²) < 4.78 is 0. The average Bonchev–Trinajstić information content (AvgIpc) is 2.57. The van der Waals surface area contributed by atoms with Gasteiger partial charge in [-0.05, 0) is 32.7 Å². The van der Waals surface area contributed by atoms with Crippen molar-refractivity contribution in [1.29, 1.82) is 0 Å². The van der Waals surface area contributed by atoms with Crippen molar-refractivity contribution in [1.82, 2.24) is 16.0 Å². The number of carboxylic acid groups (broad SMARTS) is 2. The lowest BCUT2D eigenvalue weighted by molar-refractivity contribution is -0.139. The molecule has 3 atom stereocenters. The summed E-state index contributed by atoms with van der Waals surface area (Å²) in [5.41, 5.74) is 10.8. The summed E-state index contributed by atoms with van der Waals surface area (Å²) in [6.45, 7) is 1.14. The number of aliphatic carboxylic acids is 2. The van der Waals surface area contributed by atoms with Crippen LogP contribution in [0, 0.1) is 0 Å². The van der Waals surface area contributed by atoms with Crippen LogP contribution >= 0.6 is 0 Å². The van der Waals surface area contributed by atoms with E-state index in [-0.39, 0.29) is 6.42 Å². The van der Waals surface area contributed by atoms with Gasteiger partial charge < -0.3 is 37.6 Å². The molecule has 0 saturated heterocycles. The minimum absolute atomic E-state index is 0.230. The number of carboxylic acids is 2. The number of carbonyl (C=O) groups is 5. The molecule has 0 aromatic heterocycles. The Morgan fingerprint density at radius 1 is 0.926 bits per heavy atom. The molecule has 0 heterocycles. The van der Waals surface area contributed by atoms with E-state index in [4.69, 9.17) is 21.7 Å². The van der Waals surface area contributed by atoms with Crippen molar-refractivity contribution in [2.24, 2.45) is 11.5 Å². The van der Waals surface area contributed by atoms with Crippen molar-refractivity contribution in [2.75, 3.05) is 13.1 Å². The van der Waals surface area contributed by atoms with E-state index in [2.05, 4.69) is 16.0 Å². The molecule has 0 aliphatic carbocycles. The third kappa shape index (κ3) is 10.8. The second-order valence-corrected chi connectivity index (χ2v) is 5.89. The number of unbranched alkanes of at least 4 members (excludes halogenated alkanes) is 1. The van der Waals surface area contributed by atoms with Crippen LogP contribution in [-0.2, 0) is 24.0 Å². The summed E-state index contributed by atoms with van der Waals surface area (Å²) >= 11 is 0. The molecule has 154 valence electrons. The van der Waals surface area contributed by atoms with Crippen LogP contribution in [0.5, 0.6) is 0 Å². The molecule has 12 nitrogen and oxygen atoms in total. The van der Waals surface area contributed by atoms with Gasteiger partial charge in [0.1, 0.15) is 18.6 Å². The predicted octanol–water partition coefficient (Wildman–Crippen LogP) is -2.89. The highest BCUT2D eigenvalue weighted by Gasteiger charge is 2.26. The smallest absolute Gasteiger partial charge is 0.322 e. The van der Waals surface area contributed by atoms with Crippen LogP contribution in [0.1, 0.15) is 32.6 Å². The highest BCUT2D eigenvalue weighted by atomic mass is 16.4. The third-order valence-corrected chi connectivity index (χ3v) is 3.48. The Hall–Kier alpha value is -2.73. The van der Waals surface area contributed by atoms with Gasteiger partial charge in [0.05, 0.1) is 12.5 Å². The molecule has 12 heteroatoms. The van der Waals surface area contributed by atoms with Gasteiger partial charge in [-0.25, -0.2) is 0 Å². The van der Waals surface area contributed by atoms with Gasteiger partial charge in [-0.1, -0.05) is 0 Å². The summed E-state index contributed by atoms with van der Waals surface area (Å²) in [6, 6.07) is -3.41. The van der Waals surface area contributed by atoms with Crippen LogP contribution in [-0.4, -0.2) is 71.1 Å². The largest absolute Gasteiger partial charge is 0.481 e. The fourth-order valence-electron chi connectivity index (χ4n) is 2.01. The molecule has 0 spiro atoms. The van der Waals surface area contributed by atoms with E-state index < -0.39 is 60.8 Å². The summed E-state index contributed by atoms with van der Waals surface area (Å²) in [5.74, 6) is -4.69. The van der Waals surface area contributed by atoms with Crippen molar-refractivity contribution in [3.63, 3.8) is 0 Å². The first-order valence-electron chi connectivity index (χ1n) is 8.36. The van der Waals surface area contributed by atoms with Crippen LogP contribution in [0.15, 0.2) is 0 Å². The Morgan fingerprint density at radius 2 is 1.56 bits per heavy atom. The van der Waals surface area contributed by atoms with Crippen molar-refractivity contribution in [3.8, 4) is 0 Å². The summed E-state index contributed by atoms with van der Waals surface area (Å²) in [6.07, 6.45) is 0.758. The first-order valence-corrected chi connectivity index (χ1v) is 8.36. The molecule has 3 unspecified atom stereocenters. The lowest BCUT2D eigenvalue weighted by Gasteiger charge is -2.21. The van der Waals surface area contributed by atoms with Gasteiger partial charge in [-0.2, -0.15) is 0 Å². The minimum Gasteiger partial charge on any atom is -0.481 e. The molecule has 9 N–H and O–H groups in total. The average molecular weight is 389 g/mol. The quantitative estimate of drug-likeness (QED) is 0.161. The van der Waals surface area contributed by atoms with Crippen molar-refractivity contribution in [3.05, 3.63) is 0 Å². The maximum atomic E-state index is 12.2. The lowest BCUT2D eigenvalue weighted by atomic mass is 10.1. The molecule has 0 bridgehead atoms. The SMILES string of the molecule is CC(NC(=O)C(N)CC(=O)O)C(=O)NC(CCCCN)C(=O)NCC(=O)O. The molecule has 0 saturated carbocycles. The molecular weight excluding hydrogens is 362 g/mol. The van der Waals surface area contributed by atoms with E-state index >= 15 is 0 Å². The Labute approximate surface area is 156 Å². The number of nitrogens with one attached hydrogen (secondary N) is 3. The summed E-state index contributed by atoms with van der Waals surface area (Å²) in [5, 5.41) is 24.1. The van der Waals surface area contributed by atoms with Gasteiger partial charge in [0.15, 0.2) is 0 Å². The van der Waals surface area contributed by atoms with Gasteiger partial charge >= 0.3 is 11.9 Å². The Morgan fingerprint density at radius 3 is 2.07 bits per heavy atom. The fourth-order valence-corrected chi connectivity index (χ4v) is 2.01. The Balaban J connectivity index is 4.78. The van der Waals surface area contributed by atoms with E-state index in [9.17, 15) is 24.0 Å². The molecule has 0 rings (SSSR count). The number of carbonyl (C=O) groups excluding carboxylic acids is 3. The van der Waals surface area contributed by atoms with Crippen LogP contribution in [0.4, 0.5) is 0 Å². The zero-order valence-corrected chi connectivity index (χ0v) is 15.1. The summed E-state index contributed by atoms with van der Waals surface area (Å²) in [4.78, 5) is 57.1. The zero-order chi connectivity index (χ0) is 21.0. The number of rotatable bonds is 13. The molecule has 0 aliphatic rings. The Bertz CT molecular complexity index is 555. The maximum absolute atomic E-state index is 12.2. The highest BCUT2D eigenvalue weighted by Crippen LogP contribution is 2.02. The number of hydrogen-bond donors (Lipinski definition) is 7. The number of amides is 3. The monoisotopic (exact) mass is 389 g/mol. The van der Waals surface area contributed by atoms with Crippen molar-refractivity contribution >= 4 is 29.7 Å². The van der Waals surface area contributed by atoms with Crippen molar-refractivity contribution < 1.29 is 34.2 Å². The predicted molar refractivity (Wildman–Crippen MR) is 93.3 cm³/mol. The zero-order valence-electron chi connectivity index (χ0n) is 15.1. The standard InChI is InChI=1S/C15H27N5O7/c1-8(19-14(26)9(17)6-11(21)22)13(25)20-10(4-2-3-5-16)15(27)18-7-12(23)24/h8-10H,2-7,16-17H2,1H3,(H,18,27)(H,19,26)(H,20,25)(H,21,22)(H,23,24). The normalized spacial score (nSPS) is 13.7. The topological polar surface area (TPSA) is 214 Å². The van der Waals surface area contributed by atoms with Crippen molar-refractivity contribution in [2.45, 2.75) is 50.7 Å². The maximum Gasteiger partial charge on any atom is 0.322 e. The molecular formula is C15H27N5O7. The van der Waals surface area contributed by atoms with Gasteiger partial charge in [0.2, 0.25) is 17.7 Å². The lowest BCUT2D eigenvalue weighted by Crippen LogP contribution is -2.55. The minimum atomic E-state index is -1.32. The molecule has 0 aliphatic heterocycles. The molecule has 27 heavy (non-hydrogen) atoms. The Kier molecular flexibility index (Phi) is 11.3. The van der Waals surface area contributed by atoms with Gasteiger partial charge in [-0.3, -0.25) is 24.0 Å². The molecule has 0 aromatic rings. The molecule has 3 amide bonds. The van der Waals surface area contributed by atoms with E-state index in [1.54, 1.807) is 0 Å². The first-order chi connectivity index (χ1) is 12.6. The fraction of sp³-hybridized carbons (Fsp3) is 0.667. The van der Waals surface area contributed by atoms with Gasteiger partial charge in [0, 0.05) is 0 Å². The van der Waals surface area contributed by atoms with Crippen LogP contribution in [0.2, 0.25) is 0 Å². The van der Waals surface area contributed by atoms with Gasteiger partial charge in [-0.15, -0.1) is 0 Å². The third-order valence-electron chi connectivity index (χ3n) is 3.48. The second kappa shape index (κ2) is 12.6. The molecule has 0 fully saturated rings. The van der Waals surface area contributed by atoms with E-state index in [1.165, 1.54) is 6.92 Å². The number of hydrogen-bond acceptors (Lipinski definition) is 7. The first kappa shape index (κ1) is 24.3. The summed E-state index contributed by atoms with van der Waals surface area (Å²) in [7, 11) is 0. The highest BCUT2D eigenvalue weighted by molar-refractivity contribution is 5.94. The number of nitrogens with two attached hydrogens (primary N) is 2. The van der Waals surface area contributed by atoms with Gasteiger partial charge in [0.25, 0.3) is 0 Å². The van der Waals surface area contributed by atoms with Crippen LogP contribution < -0.4 is 27.4 Å². The molecule has 0 aromatic carbocycles. The van der Waals surface area contributed by atoms with Crippen LogP contribution in [0.25, 0.3) is 0 Å². The molecule has 0 radical (unpaired) electrons. The second-order valence-electron chi connectivity index (χ2n) is 5.89.